The van der Waals surface area contributed by atoms with E-state index >= 15 is 0 Å². The molecule has 0 aliphatic rings. The molecule has 0 heterocycles. The highest BCUT2D eigenvalue weighted by Crippen LogP contribution is 1.98. The number of benzene rings is 1. The van der Waals surface area contributed by atoms with E-state index in [2.05, 4.69) is 0 Å². The van der Waals surface area contributed by atoms with Gasteiger partial charge in [-0.3, -0.25) is 0 Å². The maximum Gasteiger partial charge on any atom is 0.158 e. The molecule has 0 saturated carbocycles. The Morgan fingerprint density at radius 1 is 1.12 bits per heavy atom. The summed E-state index contributed by atoms with van der Waals surface area (Å²) < 4.78 is 24.6. The van der Waals surface area contributed by atoms with E-state index in [1.54, 1.807) is 0 Å². The smallest absolute Gasteiger partial charge is 0.158 e. The molecule has 5 N–H and O–H groups in total. The Labute approximate surface area is 99.1 Å². The van der Waals surface area contributed by atoms with E-state index in [1.807, 2.05) is 0 Å². The van der Waals surface area contributed by atoms with Crippen LogP contribution in [0, 0.1) is 11.6 Å². The first-order chi connectivity index (χ1) is 7.90. The molecule has 0 unspecified atom stereocenters. The van der Waals surface area contributed by atoms with Crippen LogP contribution >= 0.6 is 0 Å². The summed E-state index contributed by atoms with van der Waals surface area (Å²) in [5, 5.41) is 25.0. The summed E-state index contributed by atoms with van der Waals surface area (Å²) in [6, 6.07) is 4.11. The first kappa shape index (κ1) is 16.0. The van der Waals surface area contributed by atoms with Gasteiger partial charge in [0, 0.05) is 0 Å². The number of rotatable bonds is 3. The van der Waals surface area contributed by atoms with Crippen molar-refractivity contribution in [2.45, 2.75) is 5.54 Å². The van der Waals surface area contributed by atoms with Crippen LogP contribution in [-0.2, 0) is 0 Å². The zero-order valence-electron chi connectivity index (χ0n) is 9.53. The predicted octanol–water partition coefficient (Wildman–Crippen LogP) is -2.12. The van der Waals surface area contributed by atoms with Crippen LogP contribution in [0.3, 0.4) is 0 Å². The minimum atomic E-state index is -1.21. The van der Waals surface area contributed by atoms with E-state index < -0.39 is 37.0 Å². The number of nitrogens with two attached hydrogens (primary N) is 1. The van der Waals surface area contributed by atoms with E-state index in [0.29, 0.717) is 5.46 Å². The van der Waals surface area contributed by atoms with Gasteiger partial charge < -0.3 is 21.1 Å². The Morgan fingerprint density at radius 3 is 1.82 bits per heavy atom. The summed E-state index contributed by atoms with van der Waals surface area (Å²) in [6.07, 6.45) is 0. The minimum Gasteiger partial charge on any atom is -0.394 e. The first-order valence-electron chi connectivity index (χ1n) is 4.92. The predicted molar refractivity (Wildman–Crippen MR) is 62.7 cm³/mol. The summed E-state index contributed by atoms with van der Waals surface area (Å²) in [5.41, 5.74) is 4.28. The maximum atomic E-state index is 12.4. The van der Waals surface area contributed by atoms with Gasteiger partial charge >= 0.3 is 0 Å². The molecule has 1 rings (SSSR count). The highest BCUT2D eigenvalue weighted by atomic mass is 19.2. The van der Waals surface area contributed by atoms with Gasteiger partial charge in [0.15, 0.2) is 11.6 Å². The molecular formula is C10H16BF2NO3. The molecule has 1 aromatic carbocycles. The molecule has 0 bridgehead atoms. The Bertz CT molecular complexity index is 320. The fourth-order valence-corrected chi connectivity index (χ4v) is 0.762. The number of aliphatic hydroxyl groups is 3. The van der Waals surface area contributed by atoms with Crippen molar-refractivity contribution in [3.63, 3.8) is 0 Å². The highest BCUT2D eigenvalue weighted by molar-refractivity contribution is 6.32. The molecule has 0 atom stereocenters. The summed E-state index contributed by atoms with van der Waals surface area (Å²) >= 11 is 0. The number of halogens is 2. The summed E-state index contributed by atoms with van der Waals surface area (Å²) in [5.74, 6) is -1.53. The molecule has 7 heteroatoms. The molecule has 1 aromatic rings. The molecule has 0 radical (unpaired) electrons. The maximum absolute atomic E-state index is 12.4. The second-order valence-corrected chi connectivity index (χ2v) is 3.71. The molecule has 0 fully saturated rings. The fraction of sp³-hybridized carbons (Fsp3) is 0.400. The minimum absolute atomic E-state index is 0.343. The van der Waals surface area contributed by atoms with E-state index in [-0.39, 0.29) is 0 Å². The van der Waals surface area contributed by atoms with Crippen molar-refractivity contribution in [3.05, 3.63) is 29.8 Å². The van der Waals surface area contributed by atoms with Crippen LogP contribution in [0.4, 0.5) is 8.78 Å². The Morgan fingerprint density at radius 2 is 1.59 bits per heavy atom. The molecule has 0 saturated heterocycles. The molecule has 0 aromatic heterocycles. The van der Waals surface area contributed by atoms with Crippen LogP contribution < -0.4 is 11.2 Å². The molecule has 0 aliphatic carbocycles. The number of hydrogen-bond donors (Lipinski definition) is 4. The van der Waals surface area contributed by atoms with Gasteiger partial charge in [-0.1, -0.05) is 17.6 Å². The van der Waals surface area contributed by atoms with Crippen LogP contribution in [0.2, 0.25) is 0 Å². The van der Waals surface area contributed by atoms with Crippen molar-refractivity contribution < 1.29 is 24.1 Å². The molecule has 0 aliphatic heterocycles. The van der Waals surface area contributed by atoms with Crippen LogP contribution in [-0.4, -0.2) is 48.5 Å². The monoisotopic (exact) mass is 247 g/mol. The van der Waals surface area contributed by atoms with Crippen LogP contribution in [0.15, 0.2) is 18.2 Å². The largest absolute Gasteiger partial charge is 0.394 e. The van der Waals surface area contributed by atoms with Crippen molar-refractivity contribution in [2.24, 2.45) is 5.73 Å². The zero-order valence-corrected chi connectivity index (χ0v) is 9.53. The van der Waals surface area contributed by atoms with Crippen LogP contribution in [0.25, 0.3) is 0 Å². The quantitative estimate of drug-likeness (QED) is 0.460. The third-order valence-electron chi connectivity index (χ3n) is 2.09. The number of hydrogen-bond acceptors (Lipinski definition) is 4. The van der Waals surface area contributed by atoms with Gasteiger partial charge in [0.2, 0.25) is 0 Å². The Balaban J connectivity index is 0.000000304. The van der Waals surface area contributed by atoms with Crippen LogP contribution in [0.1, 0.15) is 0 Å². The fourth-order valence-electron chi connectivity index (χ4n) is 0.762. The van der Waals surface area contributed by atoms with Gasteiger partial charge in [0.25, 0.3) is 0 Å². The Hall–Kier alpha value is -1.02. The lowest BCUT2D eigenvalue weighted by Gasteiger charge is -2.20. The molecule has 17 heavy (non-hydrogen) atoms. The molecule has 4 nitrogen and oxygen atoms in total. The first-order valence-corrected chi connectivity index (χ1v) is 4.92. The number of aliphatic hydroxyl groups excluding tert-OH is 3. The average Bonchev–Trinajstić information content (AvgIpc) is 2.35. The average molecular weight is 247 g/mol. The third-order valence-corrected chi connectivity index (χ3v) is 2.09. The lowest BCUT2D eigenvalue weighted by molar-refractivity contribution is 0.0698. The van der Waals surface area contributed by atoms with Gasteiger partial charge in [0.1, 0.15) is 7.85 Å². The second kappa shape index (κ2) is 7.34. The zero-order chi connectivity index (χ0) is 13.5. The van der Waals surface area contributed by atoms with Crippen molar-refractivity contribution in [1.82, 2.24) is 0 Å². The summed E-state index contributed by atoms with van der Waals surface area (Å²) in [4.78, 5) is 0. The Kier molecular flexibility index (Phi) is 6.90. The summed E-state index contributed by atoms with van der Waals surface area (Å²) in [7, 11) is 1.53. The van der Waals surface area contributed by atoms with Gasteiger partial charge in [-0.15, -0.1) is 0 Å². The van der Waals surface area contributed by atoms with Gasteiger partial charge in [-0.25, -0.2) is 8.78 Å². The van der Waals surface area contributed by atoms with Crippen LogP contribution in [0.5, 0.6) is 0 Å². The lowest BCUT2D eigenvalue weighted by Crippen LogP contribution is -2.50. The highest BCUT2D eigenvalue weighted by Gasteiger charge is 2.20. The summed E-state index contributed by atoms with van der Waals surface area (Å²) in [6.45, 7) is -1.21. The van der Waals surface area contributed by atoms with Crippen molar-refractivity contribution in [1.29, 1.82) is 0 Å². The lowest BCUT2D eigenvalue weighted by atomic mass is 9.96. The standard InChI is InChI=1S/C6H5BF2.C4H11NO3/c7-4-2-1-3-5(8)6(4)9;5-4(1-6,2-7)3-8/h1-3H,7H2;6-8H,1-3,5H2. The molecule has 0 amide bonds. The third kappa shape index (κ3) is 5.23. The normalized spacial score (nSPS) is 10.7. The SMILES string of the molecule is Bc1cccc(F)c1F.NC(CO)(CO)CO. The molecule has 0 spiro atoms. The second-order valence-electron chi connectivity index (χ2n) is 3.71. The van der Waals surface area contributed by atoms with Crippen molar-refractivity contribution in [2.75, 3.05) is 19.8 Å². The van der Waals surface area contributed by atoms with Crippen molar-refractivity contribution in [3.8, 4) is 0 Å². The van der Waals surface area contributed by atoms with Crippen molar-refractivity contribution >= 4 is 13.3 Å². The van der Waals surface area contributed by atoms with E-state index in [1.165, 1.54) is 20.0 Å². The van der Waals surface area contributed by atoms with E-state index in [4.69, 9.17) is 21.1 Å². The van der Waals surface area contributed by atoms with Gasteiger partial charge in [-0.05, 0) is 6.07 Å². The molecule has 96 valence electrons. The van der Waals surface area contributed by atoms with Gasteiger partial charge in [-0.2, -0.15) is 0 Å². The van der Waals surface area contributed by atoms with E-state index in [0.717, 1.165) is 6.07 Å². The van der Waals surface area contributed by atoms with Gasteiger partial charge in [0.05, 0.1) is 25.4 Å². The molecular weight excluding hydrogens is 231 g/mol. The van der Waals surface area contributed by atoms with E-state index in [9.17, 15) is 8.78 Å². The topological polar surface area (TPSA) is 86.7 Å².